The summed E-state index contributed by atoms with van der Waals surface area (Å²) < 4.78 is 5.17. The van der Waals surface area contributed by atoms with Crippen LogP contribution in [0.25, 0.3) is 0 Å². The summed E-state index contributed by atoms with van der Waals surface area (Å²) in [6.45, 7) is 6.51. The van der Waals surface area contributed by atoms with Gasteiger partial charge in [-0.2, -0.15) is 0 Å². The van der Waals surface area contributed by atoms with Crippen molar-refractivity contribution in [2.24, 2.45) is 0 Å². The molecule has 0 saturated carbocycles. The molecule has 27 heavy (non-hydrogen) atoms. The maximum Gasteiger partial charge on any atom is 0.242 e. The van der Waals surface area contributed by atoms with Gasteiger partial charge in [-0.15, -0.1) is 0 Å². The number of hydrogen-bond donors (Lipinski definition) is 0. The van der Waals surface area contributed by atoms with Gasteiger partial charge in [0.1, 0.15) is 5.75 Å². The van der Waals surface area contributed by atoms with Crippen molar-refractivity contribution in [2.45, 2.75) is 45.2 Å². The molecule has 1 unspecified atom stereocenters. The quantitative estimate of drug-likeness (QED) is 0.735. The van der Waals surface area contributed by atoms with Gasteiger partial charge in [-0.1, -0.05) is 12.1 Å². The van der Waals surface area contributed by atoms with Crippen LogP contribution in [-0.2, 0) is 16.1 Å². The molecule has 2 amide bonds. The lowest BCUT2D eigenvalue weighted by atomic mass is 10.1. The summed E-state index contributed by atoms with van der Waals surface area (Å²) in [6, 6.07) is 8.21. The van der Waals surface area contributed by atoms with Gasteiger partial charge < -0.3 is 19.4 Å². The molecule has 3 rings (SSSR count). The van der Waals surface area contributed by atoms with Gasteiger partial charge in [0, 0.05) is 32.1 Å². The minimum Gasteiger partial charge on any atom is -0.497 e. The van der Waals surface area contributed by atoms with E-state index in [2.05, 4.69) is 11.8 Å². The van der Waals surface area contributed by atoms with Gasteiger partial charge in [0.15, 0.2) is 0 Å². The van der Waals surface area contributed by atoms with Crippen LogP contribution in [0, 0.1) is 0 Å². The molecule has 6 heteroatoms. The zero-order valence-electron chi connectivity index (χ0n) is 16.5. The highest BCUT2D eigenvalue weighted by Crippen LogP contribution is 2.17. The summed E-state index contributed by atoms with van der Waals surface area (Å²) in [6.07, 6.45) is 3.94. The van der Waals surface area contributed by atoms with E-state index in [9.17, 15) is 9.59 Å². The number of methoxy groups -OCH3 is 1. The Morgan fingerprint density at radius 3 is 2.44 bits per heavy atom. The molecule has 0 aliphatic carbocycles. The molecule has 0 aromatic heterocycles. The Morgan fingerprint density at radius 1 is 1.11 bits per heavy atom. The van der Waals surface area contributed by atoms with Crippen molar-refractivity contribution in [1.29, 1.82) is 0 Å². The van der Waals surface area contributed by atoms with E-state index in [4.69, 9.17) is 4.74 Å². The first-order valence-corrected chi connectivity index (χ1v) is 9.99. The van der Waals surface area contributed by atoms with Gasteiger partial charge in [-0.05, 0) is 57.0 Å². The van der Waals surface area contributed by atoms with E-state index in [1.807, 2.05) is 29.2 Å². The lowest BCUT2D eigenvalue weighted by Crippen LogP contribution is -2.51. The molecule has 0 spiro atoms. The lowest BCUT2D eigenvalue weighted by Gasteiger charge is -2.35. The minimum absolute atomic E-state index is 0.0259. The van der Waals surface area contributed by atoms with Crippen LogP contribution in [-0.4, -0.2) is 72.4 Å². The summed E-state index contributed by atoms with van der Waals surface area (Å²) in [5.74, 6) is 0.945. The van der Waals surface area contributed by atoms with E-state index >= 15 is 0 Å². The molecule has 2 aliphatic heterocycles. The van der Waals surface area contributed by atoms with Crippen molar-refractivity contribution in [3.63, 3.8) is 0 Å². The SMILES string of the molecule is COc1ccc(CN2CCN(C(=O)CCC(C)N3CCCC3)CC2=O)cc1. The predicted molar refractivity (Wildman–Crippen MR) is 104 cm³/mol. The van der Waals surface area contributed by atoms with E-state index in [1.165, 1.54) is 12.8 Å². The van der Waals surface area contributed by atoms with Crippen LogP contribution in [0.15, 0.2) is 24.3 Å². The number of benzene rings is 1. The van der Waals surface area contributed by atoms with E-state index < -0.39 is 0 Å². The Hall–Kier alpha value is -2.08. The number of rotatable bonds is 7. The fourth-order valence-corrected chi connectivity index (χ4v) is 3.90. The zero-order valence-corrected chi connectivity index (χ0v) is 16.5. The van der Waals surface area contributed by atoms with Crippen LogP contribution in [0.3, 0.4) is 0 Å². The normalized spacial score (nSPS) is 19.4. The maximum absolute atomic E-state index is 12.5. The van der Waals surface area contributed by atoms with E-state index in [0.29, 0.717) is 32.1 Å². The summed E-state index contributed by atoms with van der Waals surface area (Å²) in [7, 11) is 1.64. The molecule has 2 fully saturated rings. The molecule has 6 nitrogen and oxygen atoms in total. The fourth-order valence-electron chi connectivity index (χ4n) is 3.90. The van der Waals surface area contributed by atoms with Crippen molar-refractivity contribution in [1.82, 2.24) is 14.7 Å². The average molecular weight is 373 g/mol. The third-order valence-electron chi connectivity index (χ3n) is 5.74. The minimum atomic E-state index is 0.0259. The largest absolute Gasteiger partial charge is 0.497 e. The number of ether oxygens (including phenoxy) is 1. The fraction of sp³-hybridized carbons (Fsp3) is 0.619. The Morgan fingerprint density at radius 2 is 1.81 bits per heavy atom. The highest BCUT2D eigenvalue weighted by atomic mass is 16.5. The van der Waals surface area contributed by atoms with Gasteiger partial charge in [0.05, 0.1) is 13.7 Å². The highest BCUT2D eigenvalue weighted by molar-refractivity contribution is 5.86. The second-order valence-electron chi connectivity index (χ2n) is 7.61. The molecular weight excluding hydrogens is 342 g/mol. The standard InChI is InChI=1S/C21H31N3O3/c1-17(22-11-3-4-12-22)5-10-20(25)24-14-13-23(21(26)16-24)15-18-6-8-19(27-2)9-7-18/h6-9,17H,3-5,10-16H2,1-2H3. The molecule has 0 bridgehead atoms. The molecule has 0 radical (unpaired) electrons. The van der Waals surface area contributed by atoms with Crippen molar-refractivity contribution >= 4 is 11.8 Å². The smallest absolute Gasteiger partial charge is 0.242 e. The number of nitrogens with zero attached hydrogens (tertiary/aromatic N) is 3. The molecule has 1 aromatic rings. The van der Waals surface area contributed by atoms with Crippen LogP contribution in [0.4, 0.5) is 0 Å². The first-order chi connectivity index (χ1) is 13.1. The Bertz CT molecular complexity index is 641. The Kier molecular flexibility index (Phi) is 6.72. The van der Waals surface area contributed by atoms with Crippen LogP contribution in [0.5, 0.6) is 5.75 Å². The maximum atomic E-state index is 12.5. The second-order valence-corrected chi connectivity index (χ2v) is 7.61. The number of likely N-dealkylation sites (tertiary alicyclic amines) is 1. The second kappa shape index (κ2) is 9.22. The third-order valence-corrected chi connectivity index (χ3v) is 5.74. The summed E-state index contributed by atoms with van der Waals surface area (Å²) in [4.78, 5) is 31.0. The number of amides is 2. The number of carbonyl (C=O) groups excluding carboxylic acids is 2. The average Bonchev–Trinajstić information content (AvgIpc) is 3.23. The van der Waals surface area contributed by atoms with Gasteiger partial charge in [0.25, 0.3) is 0 Å². The molecule has 0 N–H and O–H groups in total. The Labute approximate surface area is 162 Å². The van der Waals surface area contributed by atoms with Gasteiger partial charge >= 0.3 is 0 Å². The number of carbonyl (C=O) groups is 2. The molecule has 2 heterocycles. The zero-order chi connectivity index (χ0) is 19.2. The van der Waals surface area contributed by atoms with E-state index in [-0.39, 0.29) is 18.4 Å². The van der Waals surface area contributed by atoms with Crippen molar-refractivity contribution in [3.8, 4) is 5.75 Å². The predicted octanol–water partition coefficient (Wildman–Crippen LogP) is 2.13. The first kappa shape index (κ1) is 19.7. The van der Waals surface area contributed by atoms with Crippen molar-refractivity contribution in [2.75, 3.05) is 39.8 Å². The number of piperazine rings is 1. The summed E-state index contributed by atoms with van der Waals surface area (Å²) in [5.41, 5.74) is 1.07. The van der Waals surface area contributed by atoms with Gasteiger partial charge in [-0.25, -0.2) is 0 Å². The van der Waals surface area contributed by atoms with Gasteiger partial charge in [-0.3, -0.25) is 9.59 Å². The molecule has 148 valence electrons. The van der Waals surface area contributed by atoms with Crippen LogP contribution < -0.4 is 4.74 Å². The molecule has 1 atom stereocenters. The van der Waals surface area contributed by atoms with E-state index in [0.717, 1.165) is 30.8 Å². The lowest BCUT2D eigenvalue weighted by molar-refractivity contribution is -0.145. The van der Waals surface area contributed by atoms with Crippen LogP contribution in [0.1, 0.15) is 38.2 Å². The van der Waals surface area contributed by atoms with Crippen LogP contribution >= 0.6 is 0 Å². The van der Waals surface area contributed by atoms with E-state index in [1.54, 1.807) is 12.0 Å². The molecular formula is C21H31N3O3. The molecule has 2 saturated heterocycles. The molecule has 2 aliphatic rings. The van der Waals surface area contributed by atoms with Crippen molar-refractivity contribution in [3.05, 3.63) is 29.8 Å². The Balaban J connectivity index is 1.44. The van der Waals surface area contributed by atoms with Crippen LogP contribution in [0.2, 0.25) is 0 Å². The monoisotopic (exact) mass is 373 g/mol. The van der Waals surface area contributed by atoms with Gasteiger partial charge in [0.2, 0.25) is 11.8 Å². The van der Waals surface area contributed by atoms with Crippen molar-refractivity contribution < 1.29 is 14.3 Å². The summed E-state index contributed by atoms with van der Waals surface area (Å²) >= 11 is 0. The summed E-state index contributed by atoms with van der Waals surface area (Å²) in [5, 5.41) is 0. The molecule has 1 aromatic carbocycles. The third kappa shape index (κ3) is 5.22. The topological polar surface area (TPSA) is 53.1 Å². The number of hydrogen-bond acceptors (Lipinski definition) is 4. The highest BCUT2D eigenvalue weighted by Gasteiger charge is 2.27. The first-order valence-electron chi connectivity index (χ1n) is 9.99.